The lowest BCUT2D eigenvalue weighted by Crippen LogP contribution is -2.45. The van der Waals surface area contributed by atoms with E-state index < -0.39 is 11.8 Å². The molecule has 0 rings (SSSR count). The first-order chi connectivity index (χ1) is 8.67. The van der Waals surface area contributed by atoms with E-state index in [-0.39, 0.29) is 26.3 Å². The van der Waals surface area contributed by atoms with Crippen LogP contribution in [0.2, 0.25) is 0 Å². The van der Waals surface area contributed by atoms with Gasteiger partial charge in [-0.1, -0.05) is 0 Å². The molecule has 0 spiro atoms. The Morgan fingerprint density at radius 2 is 1.83 bits per heavy atom. The lowest BCUT2D eigenvalue weighted by atomic mass is 10.4. The quantitative estimate of drug-likeness (QED) is 0.341. The van der Waals surface area contributed by atoms with Crippen LogP contribution in [0.25, 0.3) is 0 Å². The van der Waals surface area contributed by atoms with E-state index in [1.54, 1.807) is 0 Å². The monoisotopic (exact) mass is 262 g/mol. The van der Waals surface area contributed by atoms with E-state index in [1.807, 2.05) is 6.92 Å². The summed E-state index contributed by atoms with van der Waals surface area (Å²) in [4.78, 5) is 24.2. The van der Waals surface area contributed by atoms with Crippen molar-refractivity contribution in [3.05, 3.63) is 0 Å². The van der Waals surface area contributed by atoms with Crippen molar-refractivity contribution in [3.8, 4) is 0 Å². The van der Waals surface area contributed by atoms with Crippen LogP contribution in [-0.2, 0) is 14.3 Å². The van der Waals surface area contributed by atoms with Gasteiger partial charge in [0.2, 0.25) is 0 Å². The number of hydrogen-bond acceptors (Lipinski definition) is 5. The van der Waals surface area contributed by atoms with Crippen molar-refractivity contribution in [2.75, 3.05) is 46.1 Å². The summed E-state index contributed by atoms with van der Waals surface area (Å²) in [6.45, 7) is 2.96. The predicted octanol–water partition coefficient (Wildman–Crippen LogP) is -1.66. The van der Waals surface area contributed by atoms with Crippen LogP contribution in [0.3, 0.4) is 0 Å². The first-order valence-corrected chi connectivity index (χ1v) is 6.03. The minimum Gasteiger partial charge on any atom is -0.395 e. The van der Waals surface area contributed by atoms with Gasteiger partial charge in [0.05, 0.1) is 13.2 Å². The van der Waals surface area contributed by atoms with Gasteiger partial charge in [-0.05, 0) is 13.3 Å². The summed E-state index contributed by atoms with van der Waals surface area (Å²) >= 11 is 0. The number of nitrogens with one attached hydrogen (secondary N) is 1. The molecule has 0 unspecified atom stereocenters. The number of amides is 2. The van der Waals surface area contributed by atoms with E-state index in [9.17, 15) is 9.59 Å². The van der Waals surface area contributed by atoms with Gasteiger partial charge in [0, 0.05) is 32.8 Å². The molecule has 0 bridgehead atoms. The summed E-state index contributed by atoms with van der Waals surface area (Å²) in [5.74, 6) is -1.47. The van der Waals surface area contributed by atoms with E-state index in [4.69, 9.17) is 14.9 Å². The fourth-order valence-electron chi connectivity index (χ4n) is 1.30. The molecule has 2 amide bonds. The van der Waals surface area contributed by atoms with Crippen molar-refractivity contribution in [3.63, 3.8) is 0 Å². The molecule has 106 valence electrons. The second-order valence-electron chi connectivity index (χ2n) is 3.55. The third-order valence-corrected chi connectivity index (χ3v) is 2.18. The molecule has 0 aliphatic carbocycles. The molecular weight excluding hydrogens is 240 g/mol. The first-order valence-electron chi connectivity index (χ1n) is 6.03. The Morgan fingerprint density at radius 1 is 1.22 bits per heavy atom. The Labute approximate surface area is 107 Å². The predicted molar refractivity (Wildman–Crippen MR) is 64.9 cm³/mol. The zero-order valence-corrected chi connectivity index (χ0v) is 10.7. The van der Waals surface area contributed by atoms with Crippen molar-refractivity contribution >= 4 is 11.8 Å². The molecule has 0 aliphatic rings. The number of carbonyl (C=O) groups is 2. The second kappa shape index (κ2) is 10.9. The number of aliphatic hydroxyl groups is 2. The number of rotatable bonds is 9. The van der Waals surface area contributed by atoms with Crippen LogP contribution in [0.4, 0.5) is 0 Å². The molecule has 0 aliphatic heterocycles. The maximum Gasteiger partial charge on any atom is 0.312 e. The SMILES string of the molecule is CCOCCCNC(=O)C(=O)N(CCO)CCO. The van der Waals surface area contributed by atoms with Gasteiger partial charge in [-0.15, -0.1) is 0 Å². The Morgan fingerprint density at radius 3 is 2.33 bits per heavy atom. The van der Waals surface area contributed by atoms with Crippen LogP contribution in [0.1, 0.15) is 13.3 Å². The Kier molecular flexibility index (Phi) is 10.2. The van der Waals surface area contributed by atoms with E-state index in [2.05, 4.69) is 5.32 Å². The summed E-state index contributed by atoms with van der Waals surface area (Å²) in [5.41, 5.74) is 0. The van der Waals surface area contributed by atoms with Crippen molar-refractivity contribution in [1.29, 1.82) is 0 Å². The third-order valence-electron chi connectivity index (χ3n) is 2.18. The highest BCUT2D eigenvalue weighted by Crippen LogP contribution is 1.90. The zero-order chi connectivity index (χ0) is 13.8. The van der Waals surface area contributed by atoms with Crippen LogP contribution in [0.5, 0.6) is 0 Å². The number of nitrogens with zero attached hydrogens (tertiary/aromatic N) is 1. The van der Waals surface area contributed by atoms with Crippen molar-refractivity contribution < 1.29 is 24.5 Å². The summed E-state index contributed by atoms with van der Waals surface area (Å²) in [6.07, 6.45) is 0.632. The molecule has 7 nitrogen and oxygen atoms in total. The van der Waals surface area contributed by atoms with Crippen molar-refractivity contribution in [2.45, 2.75) is 13.3 Å². The average molecular weight is 262 g/mol. The normalized spacial score (nSPS) is 10.2. The lowest BCUT2D eigenvalue weighted by molar-refractivity contribution is -0.146. The van der Waals surface area contributed by atoms with Gasteiger partial charge in [0.15, 0.2) is 0 Å². The minimum absolute atomic E-state index is 0.0335. The number of hydrogen-bond donors (Lipinski definition) is 3. The minimum atomic E-state index is -0.741. The van der Waals surface area contributed by atoms with E-state index in [0.717, 1.165) is 4.90 Å². The number of carbonyl (C=O) groups excluding carboxylic acids is 2. The smallest absolute Gasteiger partial charge is 0.312 e. The topological polar surface area (TPSA) is 99.1 Å². The maximum absolute atomic E-state index is 11.6. The molecule has 0 saturated carbocycles. The summed E-state index contributed by atoms with van der Waals surface area (Å²) < 4.78 is 5.09. The molecule has 7 heteroatoms. The second-order valence-corrected chi connectivity index (χ2v) is 3.55. The molecule has 0 aromatic rings. The molecule has 0 saturated heterocycles. The molecule has 0 aromatic carbocycles. The van der Waals surface area contributed by atoms with Gasteiger partial charge in [0.25, 0.3) is 0 Å². The third kappa shape index (κ3) is 7.21. The Hall–Kier alpha value is -1.18. The van der Waals surface area contributed by atoms with Crippen molar-refractivity contribution in [2.24, 2.45) is 0 Å². The van der Waals surface area contributed by atoms with Gasteiger partial charge < -0.3 is 25.2 Å². The van der Waals surface area contributed by atoms with Crippen LogP contribution >= 0.6 is 0 Å². The lowest BCUT2D eigenvalue weighted by Gasteiger charge is -2.19. The van der Waals surface area contributed by atoms with Crippen LogP contribution in [0.15, 0.2) is 0 Å². The summed E-state index contributed by atoms with van der Waals surface area (Å²) in [7, 11) is 0. The molecule has 0 aromatic heterocycles. The van der Waals surface area contributed by atoms with Gasteiger partial charge in [0.1, 0.15) is 0 Å². The van der Waals surface area contributed by atoms with Gasteiger partial charge in [-0.2, -0.15) is 0 Å². The molecule has 18 heavy (non-hydrogen) atoms. The summed E-state index contributed by atoms with van der Waals surface area (Å²) in [6, 6.07) is 0. The molecule has 0 atom stereocenters. The average Bonchev–Trinajstić information content (AvgIpc) is 2.37. The molecule has 3 N–H and O–H groups in total. The fourth-order valence-corrected chi connectivity index (χ4v) is 1.30. The maximum atomic E-state index is 11.6. The van der Waals surface area contributed by atoms with Gasteiger partial charge in [-0.25, -0.2) is 0 Å². The van der Waals surface area contributed by atoms with Crippen LogP contribution < -0.4 is 5.32 Å². The van der Waals surface area contributed by atoms with Crippen LogP contribution in [-0.4, -0.2) is 73.0 Å². The fraction of sp³-hybridized carbons (Fsp3) is 0.818. The molecular formula is C11H22N2O5. The standard InChI is InChI=1S/C11H22N2O5/c1-2-18-9-3-4-12-10(16)11(17)13(5-7-14)6-8-15/h14-15H,2-9H2,1H3,(H,12,16). The largest absolute Gasteiger partial charge is 0.395 e. The first kappa shape index (κ1) is 16.8. The van der Waals surface area contributed by atoms with Gasteiger partial charge in [-0.3, -0.25) is 9.59 Å². The highest BCUT2D eigenvalue weighted by Gasteiger charge is 2.20. The Bertz CT molecular complexity index is 242. The van der Waals surface area contributed by atoms with Crippen LogP contribution in [0, 0.1) is 0 Å². The molecule has 0 heterocycles. The molecule has 0 fully saturated rings. The number of ether oxygens (including phenoxy) is 1. The zero-order valence-electron chi connectivity index (χ0n) is 10.7. The van der Waals surface area contributed by atoms with E-state index in [1.165, 1.54) is 0 Å². The summed E-state index contributed by atoms with van der Waals surface area (Å²) in [5, 5.41) is 20.0. The van der Waals surface area contributed by atoms with E-state index in [0.29, 0.717) is 26.2 Å². The van der Waals surface area contributed by atoms with Gasteiger partial charge >= 0.3 is 11.8 Å². The highest BCUT2D eigenvalue weighted by molar-refractivity contribution is 6.35. The number of aliphatic hydroxyl groups excluding tert-OH is 2. The Balaban J connectivity index is 3.94. The molecule has 0 radical (unpaired) electrons. The van der Waals surface area contributed by atoms with Crippen molar-refractivity contribution in [1.82, 2.24) is 10.2 Å². The van der Waals surface area contributed by atoms with E-state index >= 15 is 0 Å². The highest BCUT2D eigenvalue weighted by atomic mass is 16.5.